The molecule has 0 saturated carbocycles. The number of nitrogens with one attached hydrogen (secondary N) is 1. The highest BCUT2D eigenvalue weighted by molar-refractivity contribution is 5.95. The summed E-state index contributed by atoms with van der Waals surface area (Å²) in [6, 6.07) is 5.41. The molecule has 1 saturated heterocycles. The molecule has 1 amide bonds. The lowest BCUT2D eigenvalue weighted by Gasteiger charge is -2.34. The lowest BCUT2D eigenvalue weighted by molar-refractivity contribution is -0.130. The van der Waals surface area contributed by atoms with Crippen molar-refractivity contribution in [2.75, 3.05) is 38.3 Å². The van der Waals surface area contributed by atoms with Gasteiger partial charge in [0, 0.05) is 31.5 Å². The van der Waals surface area contributed by atoms with Crippen LogP contribution in [0.25, 0.3) is 0 Å². The van der Waals surface area contributed by atoms with E-state index >= 15 is 0 Å². The lowest BCUT2D eigenvalue weighted by Crippen LogP contribution is -2.46. The van der Waals surface area contributed by atoms with Crippen molar-refractivity contribution in [2.45, 2.75) is 12.8 Å². The summed E-state index contributed by atoms with van der Waals surface area (Å²) >= 11 is 0. The fourth-order valence-corrected chi connectivity index (χ4v) is 2.67. The molecule has 3 N–H and O–H groups in total. The second kappa shape index (κ2) is 7.17. The number of nitrogens with two attached hydrogens (primary N) is 1. The first-order chi connectivity index (χ1) is 10.2. The van der Waals surface area contributed by atoms with E-state index in [-0.39, 0.29) is 18.3 Å². The predicted molar refractivity (Wildman–Crippen MR) is 84.9 cm³/mol. The molecule has 2 heterocycles. The number of rotatable bonds is 3. The predicted octanol–water partition coefficient (Wildman–Crippen LogP) is 1.57. The van der Waals surface area contributed by atoms with Gasteiger partial charge in [0.15, 0.2) is 11.5 Å². The number of anilines is 1. The molecule has 6 nitrogen and oxygen atoms in total. The average molecular weight is 329 g/mol. The third-order valence-electron chi connectivity index (χ3n) is 4.12. The van der Waals surface area contributed by atoms with Crippen molar-refractivity contribution in [3.63, 3.8) is 0 Å². The zero-order valence-electron chi connectivity index (χ0n) is 12.3. The Hall–Kier alpha value is -1.50. The van der Waals surface area contributed by atoms with Crippen LogP contribution in [-0.2, 0) is 9.53 Å². The zero-order valence-corrected chi connectivity index (χ0v) is 13.1. The van der Waals surface area contributed by atoms with Gasteiger partial charge in [0.1, 0.15) is 13.2 Å². The Bertz CT molecular complexity index is 532. The van der Waals surface area contributed by atoms with Crippen molar-refractivity contribution >= 4 is 24.0 Å². The Labute approximate surface area is 135 Å². The molecule has 1 aromatic rings. The Morgan fingerprint density at radius 2 is 1.82 bits per heavy atom. The lowest BCUT2D eigenvalue weighted by atomic mass is 9.79. The molecule has 0 aliphatic carbocycles. The summed E-state index contributed by atoms with van der Waals surface area (Å²) in [6.07, 6.45) is 1.31. The van der Waals surface area contributed by atoms with E-state index in [9.17, 15) is 4.79 Å². The summed E-state index contributed by atoms with van der Waals surface area (Å²) in [7, 11) is 0. The second-order valence-electron chi connectivity index (χ2n) is 5.41. The molecular weight excluding hydrogens is 308 g/mol. The molecule has 22 heavy (non-hydrogen) atoms. The van der Waals surface area contributed by atoms with Crippen LogP contribution in [0.3, 0.4) is 0 Å². The molecular formula is C15H21ClN2O4. The number of halogens is 1. The van der Waals surface area contributed by atoms with Crippen LogP contribution in [0.15, 0.2) is 18.2 Å². The monoisotopic (exact) mass is 328 g/mol. The Morgan fingerprint density at radius 1 is 1.14 bits per heavy atom. The van der Waals surface area contributed by atoms with E-state index in [1.165, 1.54) is 0 Å². The van der Waals surface area contributed by atoms with Crippen molar-refractivity contribution in [2.24, 2.45) is 11.1 Å². The third kappa shape index (κ3) is 3.29. The van der Waals surface area contributed by atoms with E-state index in [2.05, 4.69) is 5.32 Å². The molecule has 122 valence electrons. The zero-order chi connectivity index (χ0) is 14.7. The maximum absolute atomic E-state index is 12.6. The summed E-state index contributed by atoms with van der Waals surface area (Å²) in [5, 5.41) is 2.94. The molecule has 1 aromatic carbocycles. The van der Waals surface area contributed by atoms with Crippen LogP contribution < -0.4 is 20.5 Å². The normalized spacial score (nSPS) is 19.0. The quantitative estimate of drug-likeness (QED) is 0.880. The van der Waals surface area contributed by atoms with Crippen LogP contribution >= 0.6 is 12.4 Å². The molecule has 0 atom stereocenters. The first-order valence-electron chi connectivity index (χ1n) is 7.22. The number of fused-ring (bicyclic) bond motifs is 1. The molecule has 0 unspecified atom stereocenters. The molecule has 2 aliphatic rings. The highest BCUT2D eigenvalue weighted by Crippen LogP contribution is 2.35. The van der Waals surface area contributed by atoms with Gasteiger partial charge in [-0.15, -0.1) is 12.4 Å². The average Bonchev–Trinajstić information content (AvgIpc) is 2.55. The molecule has 0 radical (unpaired) electrons. The van der Waals surface area contributed by atoms with E-state index in [1.54, 1.807) is 6.07 Å². The first-order valence-corrected chi connectivity index (χ1v) is 7.22. The molecule has 0 spiro atoms. The fraction of sp³-hybridized carbons (Fsp3) is 0.533. The summed E-state index contributed by atoms with van der Waals surface area (Å²) in [5.74, 6) is 1.32. The molecule has 7 heteroatoms. The van der Waals surface area contributed by atoms with Crippen LogP contribution in [0.4, 0.5) is 5.69 Å². The van der Waals surface area contributed by atoms with Gasteiger partial charge in [0.2, 0.25) is 5.91 Å². The number of amides is 1. The van der Waals surface area contributed by atoms with Gasteiger partial charge in [-0.2, -0.15) is 0 Å². The summed E-state index contributed by atoms with van der Waals surface area (Å²) < 4.78 is 16.3. The van der Waals surface area contributed by atoms with E-state index in [1.807, 2.05) is 12.1 Å². The van der Waals surface area contributed by atoms with Crippen LogP contribution in [0.5, 0.6) is 11.5 Å². The largest absolute Gasteiger partial charge is 0.486 e. The van der Waals surface area contributed by atoms with Crippen LogP contribution in [0, 0.1) is 5.41 Å². The van der Waals surface area contributed by atoms with Crippen molar-refractivity contribution in [1.82, 2.24) is 0 Å². The van der Waals surface area contributed by atoms with E-state index < -0.39 is 5.41 Å². The number of hydrogen-bond acceptors (Lipinski definition) is 5. The van der Waals surface area contributed by atoms with Gasteiger partial charge in [0.05, 0.1) is 5.41 Å². The van der Waals surface area contributed by atoms with E-state index in [4.69, 9.17) is 19.9 Å². The summed E-state index contributed by atoms with van der Waals surface area (Å²) in [5.41, 5.74) is 6.00. The van der Waals surface area contributed by atoms with Crippen LogP contribution in [0.2, 0.25) is 0 Å². The Balaban J connectivity index is 0.00000176. The first kappa shape index (κ1) is 16.9. The molecule has 0 aromatic heterocycles. The SMILES string of the molecule is Cl.NCC1(C(=O)Nc2ccc3c(c2)OCCO3)CCOCC1. The number of ether oxygens (including phenoxy) is 3. The Kier molecular flexibility index (Phi) is 5.50. The van der Waals surface area contributed by atoms with E-state index in [0.717, 1.165) is 0 Å². The number of benzene rings is 1. The minimum atomic E-state index is -0.536. The highest BCUT2D eigenvalue weighted by Gasteiger charge is 2.38. The van der Waals surface area contributed by atoms with Gasteiger partial charge in [-0.05, 0) is 25.0 Å². The topological polar surface area (TPSA) is 82.8 Å². The van der Waals surface area contributed by atoms with Gasteiger partial charge >= 0.3 is 0 Å². The minimum Gasteiger partial charge on any atom is -0.486 e. The van der Waals surface area contributed by atoms with Crippen LogP contribution in [-0.4, -0.2) is 38.9 Å². The van der Waals surface area contributed by atoms with E-state index in [0.29, 0.717) is 63.0 Å². The van der Waals surface area contributed by atoms with Crippen molar-refractivity contribution in [3.05, 3.63) is 18.2 Å². The van der Waals surface area contributed by atoms with Gasteiger partial charge < -0.3 is 25.3 Å². The highest BCUT2D eigenvalue weighted by atomic mass is 35.5. The van der Waals surface area contributed by atoms with Gasteiger partial charge in [0.25, 0.3) is 0 Å². The molecule has 1 fully saturated rings. The van der Waals surface area contributed by atoms with Gasteiger partial charge in [-0.25, -0.2) is 0 Å². The summed E-state index contributed by atoms with van der Waals surface area (Å²) in [6.45, 7) is 2.55. The van der Waals surface area contributed by atoms with Crippen molar-refractivity contribution in [3.8, 4) is 11.5 Å². The van der Waals surface area contributed by atoms with Gasteiger partial charge in [-0.1, -0.05) is 0 Å². The number of hydrogen-bond donors (Lipinski definition) is 2. The third-order valence-corrected chi connectivity index (χ3v) is 4.12. The van der Waals surface area contributed by atoms with Gasteiger partial charge in [-0.3, -0.25) is 4.79 Å². The second-order valence-corrected chi connectivity index (χ2v) is 5.41. The maximum Gasteiger partial charge on any atom is 0.232 e. The van der Waals surface area contributed by atoms with Crippen molar-refractivity contribution in [1.29, 1.82) is 0 Å². The molecule has 3 rings (SSSR count). The van der Waals surface area contributed by atoms with Crippen LogP contribution in [0.1, 0.15) is 12.8 Å². The minimum absolute atomic E-state index is 0. The number of carbonyl (C=O) groups excluding carboxylic acids is 1. The standard InChI is InChI=1S/C15H20N2O4.ClH/c16-10-15(3-5-19-6-4-15)14(18)17-11-1-2-12-13(9-11)21-8-7-20-12;/h1-2,9H,3-8,10,16H2,(H,17,18);1H. The fourth-order valence-electron chi connectivity index (χ4n) is 2.67. The maximum atomic E-state index is 12.6. The number of carbonyl (C=O) groups is 1. The Morgan fingerprint density at radius 3 is 2.50 bits per heavy atom. The molecule has 0 bridgehead atoms. The summed E-state index contributed by atoms with van der Waals surface area (Å²) in [4.78, 5) is 12.6. The molecule has 2 aliphatic heterocycles. The smallest absolute Gasteiger partial charge is 0.232 e. The van der Waals surface area contributed by atoms with Crippen molar-refractivity contribution < 1.29 is 19.0 Å².